The molecule has 0 atom stereocenters. The quantitative estimate of drug-likeness (QED) is 0.638. The smallest absolute Gasteiger partial charge is 0.124 e. The number of rotatable bonds is 1. The minimum Gasteiger partial charge on any atom is -0.366 e. The molecule has 0 aliphatic carbocycles. The number of nitrogens with zero attached hydrogens (tertiary/aromatic N) is 3. The fourth-order valence-corrected chi connectivity index (χ4v) is 1.56. The molecule has 4 heteroatoms. The topological polar surface area (TPSA) is 28.8 Å². The van der Waals surface area contributed by atoms with Gasteiger partial charge in [-0.05, 0) is 18.2 Å². The van der Waals surface area contributed by atoms with Crippen molar-refractivity contribution in [1.82, 2.24) is 10.2 Å². The molecular formula is C10H8FN3. The molecule has 0 N–H and O–H groups in total. The summed E-state index contributed by atoms with van der Waals surface area (Å²) in [6, 6.07) is 4.57. The van der Waals surface area contributed by atoms with E-state index in [0.29, 0.717) is 0 Å². The standard InChI is InChI=1S/C10H8FN3/c11-7-1-2-9-8(5-7)10(6-12-13-9)14-3-4-14/h1-2,5-6H,3-4H2. The second kappa shape index (κ2) is 2.64. The van der Waals surface area contributed by atoms with E-state index in [4.69, 9.17) is 0 Å². The van der Waals surface area contributed by atoms with Crippen LogP contribution in [-0.4, -0.2) is 23.3 Å². The van der Waals surface area contributed by atoms with Crippen LogP contribution in [0.2, 0.25) is 0 Å². The van der Waals surface area contributed by atoms with Crippen molar-refractivity contribution in [2.24, 2.45) is 0 Å². The summed E-state index contributed by atoms with van der Waals surface area (Å²) in [5.41, 5.74) is 1.73. The van der Waals surface area contributed by atoms with Gasteiger partial charge in [0.15, 0.2) is 0 Å². The van der Waals surface area contributed by atoms with E-state index in [1.54, 1.807) is 12.3 Å². The number of anilines is 1. The van der Waals surface area contributed by atoms with E-state index in [0.717, 1.165) is 29.7 Å². The minimum atomic E-state index is -0.228. The maximum Gasteiger partial charge on any atom is 0.124 e. The first kappa shape index (κ1) is 7.67. The summed E-state index contributed by atoms with van der Waals surface area (Å²) in [7, 11) is 0. The number of hydrogen-bond donors (Lipinski definition) is 0. The largest absolute Gasteiger partial charge is 0.366 e. The average Bonchev–Trinajstić information content (AvgIpc) is 3.00. The maximum absolute atomic E-state index is 13.0. The Morgan fingerprint density at radius 1 is 1.29 bits per heavy atom. The van der Waals surface area contributed by atoms with Crippen molar-refractivity contribution >= 4 is 16.6 Å². The zero-order valence-electron chi connectivity index (χ0n) is 7.44. The number of halogens is 1. The molecule has 70 valence electrons. The zero-order valence-corrected chi connectivity index (χ0v) is 7.44. The minimum absolute atomic E-state index is 0.228. The molecule has 0 unspecified atom stereocenters. The van der Waals surface area contributed by atoms with Crippen molar-refractivity contribution < 1.29 is 4.39 Å². The fourth-order valence-electron chi connectivity index (χ4n) is 1.56. The second-order valence-electron chi connectivity index (χ2n) is 3.38. The van der Waals surface area contributed by atoms with E-state index in [2.05, 4.69) is 15.1 Å². The molecule has 1 fully saturated rings. The van der Waals surface area contributed by atoms with Gasteiger partial charge in [0.2, 0.25) is 0 Å². The predicted molar refractivity (Wildman–Crippen MR) is 51.7 cm³/mol. The van der Waals surface area contributed by atoms with Crippen LogP contribution in [0, 0.1) is 5.82 Å². The van der Waals surface area contributed by atoms with Gasteiger partial charge in [-0.25, -0.2) is 4.39 Å². The normalized spacial score (nSPS) is 14.8. The van der Waals surface area contributed by atoms with Gasteiger partial charge in [-0.15, -0.1) is 0 Å². The molecule has 1 aromatic carbocycles. The van der Waals surface area contributed by atoms with Gasteiger partial charge in [0.25, 0.3) is 0 Å². The van der Waals surface area contributed by atoms with Gasteiger partial charge in [0, 0.05) is 18.5 Å². The Bertz CT molecular complexity index is 494. The summed E-state index contributed by atoms with van der Waals surface area (Å²) in [5, 5.41) is 8.68. The molecule has 0 saturated carbocycles. The van der Waals surface area contributed by atoms with Crippen molar-refractivity contribution in [2.45, 2.75) is 0 Å². The van der Waals surface area contributed by atoms with Crippen molar-refractivity contribution in [2.75, 3.05) is 18.0 Å². The van der Waals surface area contributed by atoms with E-state index in [1.807, 2.05) is 0 Å². The summed E-state index contributed by atoms with van der Waals surface area (Å²) < 4.78 is 13.0. The van der Waals surface area contributed by atoms with Crippen LogP contribution in [0.3, 0.4) is 0 Å². The number of fused-ring (bicyclic) bond motifs is 1. The molecule has 1 aliphatic rings. The lowest BCUT2D eigenvalue weighted by Gasteiger charge is -2.05. The Hall–Kier alpha value is -1.71. The monoisotopic (exact) mass is 189 g/mol. The molecule has 1 saturated heterocycles. The zero-order chi connectivity index (χ0) is 9.54. The highest BCUT2D eigenvalue weighted by Gasteiger charge is 2.20. The third-order valence-electron chi connectivity index (χ3n) is 2.37. The van der Waals surface area contributed by atoms with Crippen molar-refractivity contribution in [3.8, 4) is 0 Å². The van der Waals surface area contributed by atoms with Gasteiger partial charge in [0.1, 0.15) is 5.82 Å². The molecule has 1 aliphatic heterocycles. The Kier molecular flexibility index (Phi) is 1.45. The first-order chi connectivity index (χ1) is 6.84. The molecule has 0 bridgehead atoms. The van der Waals surface area contributed by atoms with Crippen LogP contribution in [-0.2, 0) is 0 Å². The van der Waals surface area contributed by atoms with E-state index in [-0.39, 0.29) is 5.82 Å². The van der Waals surface area contributed by atoms with Crippen LogP contribution in [0.5, 0.6) is 0 Å². The van der Waals surface area contributed by atoms with Crippen LogP contribution in [0.25, 0.3) is 10.9 Å². The summed E-state index contributed by atoms with van der Waals surface area (Å²) in [6.45, 7) is 2.05. The summed E-state index contributed by atoms with van der Waals surface area (Å²) in [6.07, 6.45) is 1.69. The maximum atomic E-state index is 13.0. The van der Waals surface area contributed by atoms with Gasteiger partial charge >= 0.3 is 0 Å². The molecule has 3 nitrogen and oxygen atoms in total. The van der Waals surface area contributed by atoms with Crippen molar-refractivity contribution in [1.29, 1.82) is 0 Å². The van der Waals surface area contributed by atoms with Crippen LogP contribution in [0.4, 0.5) is 10.1 Å². The summed E-state index contributed by atoms with van der Waals surface area (Å²) in [5.74, 6) is -0.228. The summed E-state index contributed by atoms with van der Waals surface area (Å²) in [4.78, 5) is 2.14. The molecule has 0 spiro atoms. The van der Waals surface area contributed by atoms with Gasteiger partial charge in [-0.2, -0.15) is 10.2 Å². The molecular weight excluding hydrogens is 181 g/mol. The molecule has 14 heavy (non-hydrogen) atoms. The SMILES string of the molecule is Fc1ccc2nncc(N3CC3)c2c1. The fraction of sp³-hybridized carbons (Fsp3) is 0.200. The van der Waals surface area contributed by atoms with Gasteiger partial charge in [-0.3, -0.25) is 0 Å². The van der Waals surface area contributed by atoms with Gasteiger partial charge in [0.05, 0.1) is 17.4 Å². The highest BCUT2D eigenvalue weighted by Crippen LogP contribution is 2.28. The first-order valence-electron chi connectivity index (χ1n) is 4.50. The van der Waals surface area contributed by atoms with Crippen molar-refractivity contribution in [3.05, 3.63) is 30.2 Å². The molecule has 0 amide bonds. The lowest BCUT2D eigenvalue weighted by Crippen LogP contribution is -1.95. The Labute approximate surface area is 80.2 Å². The molecule has 3 rings (SSSR count). The van der Waals surface area contributed by atoms with Gasteiger partial charge in [-0.1, -0.05) is 0 Å². The van der Waals surface area contributed by atoms with Gasteiger partial charge < -0.3 is 4.90 Å². The van der Waals surface area contributed by atoms with Crippen LogP contribution in [0.1, 0.15) is 0 Å². The molecule has 1 aromatic heterocycles. The Morgan fingerprint density at radius 2 is 2.14 bits per heavy atom. The third-order valence-corrected chi connectivity index (χ3v) is 2.37. The number of hydrogen-bond acceptors (Lipinski definition) is 3. The molecule has 2 aromatic rings. The highest BCUT2D eigenvalue weighted by atomic mass is 19.1. The van der Waals surface area contributed by atoms with Crippen LogP contribution >= 0.6 is 0 Å². The van der Waals surface area contributed by atoms with Crippen LogP contribution in [0.15, 0.2) is 24.4 Å². The molecule has 0 radical (unpaired) electrons. The van der Waals surface area contributed by atoms with Crippen LogP contribution < -0.4 is 4.90 Å². The van der Waals surface area contributed by atoms with E-state index in [1.165, 1.54) is 12.1 Å². The predicted octanol–water partition coefficient (Wildman–Crippen LogP) is 1.59. The molecule has 2 heterocycles. The number of benzene rings is 1. The average molecular weight is 189 g/mol. The lowest BCUT2D eigenvalue weighted by molar-refractivity contribution is 0.629. The van der Waals surface area contributed by atoms with E-state index in [9.17, 15) is 4.39 Å². The van der Waals surface area contributed by atoms with E-state index >= 15 is 0 Å². The Balaban J connectivity index is 2.32. The first-order valence-corrected chi connectivity index (χ1v) is 4.50. The van der Waals surface area contributed by atoms with Crippen molar-refractivity contribution in [3.63, 3.8) is 0 Å². The van der Waals surface area contributed by atoms with E-state index < -0.39 is 0 Å². The highest BCUT2D eigenvalue weighted by molar-refractivity contribution is 5.91. The second-order valence-corrected chi connectivity index (χ2v) is 3.38. The Morgan fingerprint density at radius 3 is 2.93 bits per heavy atom. The summed E-state index contributed by atoms with van der Waals surface area (Å²) >= 11 is 0. The number of aromatic nitrogens is 2. The third kappa shape index (κ3) is 1.11. The lowest BCUT2D eigenvalue weighted by atomic mass is 10.2.